The molecule has 0 amide bonds. The number of nitrogens with two attached hydrogens (primary N) is 1. The van der Waals surface area contributed by atoms with Crippen LogP contribution in [0.5, 0.6) is 0 Å². The lowest BCUT2D eigenvalue weighted by Crippen LogP contribution is -2.34. The molecule has 0 aromatic heterocycles. The van der Waals surface area contributed by atoms with Crippen molar-refractivity contribution in [3.8, 4) is 0 Å². The molecule has 114 valence electrons. The van der Waals surface area contributed by atoms with Gasteiger partial charge in [-0.15, -0.1) is 0 Å². The fourth-order valence-corrected chi connectivity index (χ4v) is 3.30. The number of benzene rings is 1. The smallest absolute Gasteiger partial charge is 0.257 e. The van der Waals surface area contributed by atoms with Crippen molar-refractivity contribution in [2.45, 2.75) is 18.7 Å². The molecule has 0 spiro atoms. The van der Waals surface area contributed by atoms with Crippen molar-refractivity contribution < 1.29 is 21.0 Å². The first-order chi connectivity index (χ1) is 9.16. The van der Waals surface area contributed by atoms with Gasteiger partial charge in [-0.1, -0.05) is 24.6 Å². The molecule has 7 nitrogen and oxygen atoms in total. The summed E-state index contributed by atoms with van der Waals surface area (Å²) in [5.74, 6) is 0. The number of rotatable bonds is 7. The van der Waals surface area contributed by atoms with Crippen LogP contribution in [-0.2, 0) is 24.5 Å². The van der Waals surface area contributed by atoms with E-state index in [0.717, 1.165) is 9.87 Å². The molecule has 0 fully saturated rings. The molecule has 0 aliphatic heterocycles. The quantitative estimate of drug-likeness (QED) is 0.773. The first kappa shape index (κ1) is 17.1. The third-order valence-electron chi connectivity index (χ3n) is 2.60. The number of aryl methyl sites for hydroxylation is 1. The van der Waals surface area contributed by atoms with E-state index in [2.05, 4.69) is 9.32 Å². The van der Waals surface area contributed by atoms with E-state index in [9.17, 15) is 16.8 Å². The average molecular weight is 322 g/mol. The van der Waals surface area contributed by atoms with Crippen molar-refractivity contribution in [2.24, 2.45) is 5.14 Å². The molecule has 0 saturated carbocycles. The van der Waals surface area contributed by atoms with Crippen molar-refractivity contribution >= 4 is 20.3 Å². The predicted octanol–water partition coefficient (Wildman–Crippen LogP) is 0.226. The van der Waals surface area contributed by atoms with Gasteiger partial charge in [0.2, 0.25) is 10.0 Å². The Kier molecular flexibility index (Phi) is 5.66. The lowest BCUT2D eigenvalue weighted by atomic mass is 10.2. The molecule has 0 heterocycles. The standard InChI is InChI=1S/C11H18N2O5S2/c1-3-13(8-9-18-20(12,16)17)19(14,15)11-6-4-10(2)5-7-11/h4-7H,3,8-9H2,1-2H3,(H2,12,16,17). The minimum Gasteiger partial charge on any atom is -0.257 e. The van der Waals surface area contributed by atoms with Gasteiger partial charge in [-0.3, -0.25) is 4.18 Å². The van der Waals surface area contributed by atoms with Gasteiger partial charge >= 0.3 is 10.3 Å². The molecule has 0 unspecified atom stereocenters. The SMILES string of the molecule is CCN(CCOS(N)(=O)=O)S(=O)(=O)c1ccc(C)cc1. The molecule has 0 saturated heterocycles. The van der Waals surface area contributed by atoms with E-state index >= 15 is 0 Å². The number of hydrogen-bond donors (Lipinski definition) is 1. The Hall–Kier alpha value is -1.00. The van der Waals surface area contributed by atoms with Crippen LogP contribution in [0, 0.1) is 6.92 Å². The molecule has 0 aliphatic rings. The minimum atomic E-state index is -4.07. The van der Waals surface area contributed by atoms with Crippen molar-refractivity contribution in [1.82, 2.24) is 4.31 Å². The van der Waals surface area contributed by atoms with Crippen LogP contribution < -0.4 is 5.14 Å². The summed E-state index contributed by atoms with van der Waals surface area (Å²) in [6.45, 7) is 3.29. The minimum absolute atomic E-state index is 0.0941. The maximum Gasteiger partial charge on any atom is 0.333 e. The van der Waals surface area contributed by atoms with E-state index in [1.54, 1.807) is 19.1 Å². The van der Waals surface area contributed by atoms with E-state index < -0.39 is 20.3 Å². The van der Waals surface area contributed by atoms with Crippen molar-refractivity contribution in [3.05, 3.63) is 29.8 Å². The van der Waals surface area contributed by atoms with E-state index in [0.29, 0.717) is 0 Å². The molecular formula is C11H18N2O5S2. The van der Waals surface area contributed by atoms with Crippen molar-refractivity contribution in [3.63, 3.8) is 0 Å². The molecule has 0 radical (unpaired) electrons. The molecule has 1 aromatic carbocycles. The normalized spacial score (nSPS) is 12.8. The van der Waals surface area contributed by atoms with E-state index in [1.807, 2.05) is 6.92 Å². The average Bonchev–Trinajstić information content (AvgIpc) is 2.33. The second kappa shape index (κ2) is 6.64. The van der Waals surface area contributed by atoms with Crippen molar-refractivity contribution in [2.75, 3.05) is 19.7 Å². The van der Waals surface area contributed by atoms with Gasteiger partial charge in [-0.25, -0.2) is 13.6 Å². The summed E-state index contributed by atoms with van der Waals surface area (Å²) in [6, 6.07) is 6.41. The fourth-order valence-electron chi connectivity index (χ4n) is 1.56. The van der Waals surface area contributed by atoms with Gasteiger partial charge in [0.05, 0.1) is 11.5 Å². The number of hydrogen-bond acceptors (Lipinski definition) is 5. The Morgan fingerprint density at radius 3 is 2.15 bits per heavy atom. The van der Waals surface area contributed by atoms with Gasteiger partial charge in [0.1, 0.15) is 0 Å². The molecule has 9 heteroatoms. The van der Waals surface area contributed by atoms with Gasteiger partial charge in [-0.05, 0) is 19.1 Å². The summed E-state index contributed by atoms with van der Waals surface area (Å²) >= 11 is 0. The third kappa shape index (κ3) is 4.84. The number of likely N-dealkylation sites (N-methyl/N-ethyl adjacent to an activating group) is 1. The Morgan fingerprint density at radius 2 is 1.70 bits per heavy atom. The second-order valence-electron chi connectivity index (χ2n) is 4.12. The van der Waals surface area contributed by atoms with Crippen molar-refractivity contribution in [1.29, 1.82) is 0 Å². The molecular weight excluding hydrogens is 304 g/mol. The zero-order valence-electron chi connectivity index (χ0n) is 11.3. The molecule has 1 aromatic rings. The van der Waals surface area contributed by atoms with Crippen LogP contribution in [0.3, 0.4) is 0 Å². The lowest BCUT2D eigenvalue weighted by Gasteiger charge is -2.20. The predicted molar refractivity (Wildman–Crippen MR) is 74.7 cm³/mol. The highest BCUT2D eigenvalue weighted by molar-refractivity contribution is 7.89. The zero-order valence-corrected chi connectivity index (χ0v) is 12.9. The van der Waals surface area contributed by atoms with Gasteiger partial charge in [0.25, 0.3) is 0 Å². The summed E-state index contributed by atoms with van der Waals surface area (Å²) in [4.78, 5) is 0.153. The summed E-state index contributed by atoms with van der Waals surface area (Å²) in [5.41, 5.74) is 0.949. The van der Waals surface area contributed by atoms with Crippen LogP contribution in [0.2, 0.25) is 0 Å². The molecule has 0 atom stereocenters. The summed E-state index contributed by atoms with van der Waals surface area (Å²) in [6.07, 6.45) is 0. The van der Waals surface area contributed by atoms with E-state index in [4.69, 9.17) is 0 Å². The number of sulfonamides is 1. The van der Waals surface area contributed by atoms with Crippen LogP contribution in [0.4, 0.5) is 0 Å². The highest BCUT2D eigenvalue weighted by Gasteiger charge is 2.23. The molecule has 0 bridgehead atoms. The topological polar surface area (TPSA) is 107 Å². The Labute approximate surface area is 119 Å². The first-order valence-electron chi connectivity index (χ1n) is 5.91. The largest absolute Gasteiger partial charge is 0.333 e. The van der Waals surface area contributed by atoms with Crippen LogP contribution in [0.25, 0.3) is 0 Å². The Balaban J connectivity index is 2.85. The summed E-state index contributed by atoms with van der Waals surface area (Å²) in [7, 11) is -7.73. The summed E-state index contributed by atoms with van der Waals surface area (Å²) < 4.78 is 51.4. The molecule has 1 rings (SSSR count). The van der Waals surface area contributed by atoms with Crippen LogP contribution in [0.15, 0.2) is 29.2 Å². The molecule has 20 heavy (non-hydrogen) atoms. The van der Waals surface area contributed by atoms with Gasteiger partial charge in [0, 0.05) is 13.1 Å². The number of nitrogens with zero attached hydrogens (tertiary/aromatic N) is 1. The van der Waals surface area contributed by atoms with E-state index in [1.165, 1.54) is 12.1 Å². The zero-order chi connectivity index (χ0) is 15.4. The lowest BCUT2D eigenvalue weighted by molar-refractivity contribution is 0.280. The van der Waals surface area contributed by atoms with Crippen LogP contribution >= 0.6 is 0 Å². The van der Waals surface area contributed by atoms with Crippen LogP contribution in [-0.4, -0.2) is 40.8 Å². The Morgan fingerprint density at radius 1 is 1.15 bits per heavy atom. The molecule has 0 aliphatic carbocycles. The van der Waals surface area contributed by atoms with E-state index in [-0.39, 0.29) is 24.6 Å². The maximum atomic E-state index is 12.3. The third-order valence-corrected chi connectivity index (χ3v) is 5.08. The highest BCUT2D eigenvalue weighted by atomic mass is 32.2. The van der Waals surface area contributed by atoms with Gasteiger partial charge < -0.3 is 0 Å². The highest BCUT2D eigenvalue weighted by Crippen LogP contribution is 2.15. The fraction of sp³-hybridized carbons (Fsp3) is 0.455. The first-order valence-corrected chi connectivity index (χ1v) is 8.82. The second-order valence-corrected chi connectivity index (χ2v) is 7.28. The summed E-state index contributed by atoms with van der Waals surface area (Å²) in [5, 5.41) is 4.68. The monoisotopic (exact) mass is 322 g/mol. The van der Waals surface area contributed by atoms with Gasteiger partial charge in [0.15, 0.2) is 0 Å². The maximum absolute atomic E-state index is 12.3. The Bertz CT molecular complexity index is 638. The molecule has 2 N–H and O–H groups in total. The van der Waals surface area contributed by atoms with Crippen LogP contribution in [0.1, 0.15) is 12.5 Å². The van der Waals surface area contributed by atoms with Gasteiger partial charge in [-0.2, -0.15) is 12.7 Å².